The monoisotopic (exact) mass is 287 g/mol. The Morgan fingerprint density at radius 3 is 2.52 bits per heavy atom. The van der Waals surface area contributed by atoms with Crippen molar-refractivity contribution < 1.29 is 14.3 Å². The summed E-state index contributed by atoms with van der Waals surface area (Å²) in [6, 6.07) is 8.51. The molecular formula is C15H17N3O3. The van der Waals surface area contributed by atoms with Gasteiger partial charge in [-0.05, 0) is 31.5 Å². The Labute approximate surface area is 123 Å². The van der Waals surface area contributed by atoms with Crippen LogP contribution in [-0.4, -0.2) is 30.5 Å². The van der Waals surface area contributed by atoms with E-state index in [-0.39, 0.29) is 12.5 Å². The molecule has 0 saturated carbocycles. The second kappa shape index (κ2) is 5.44. The van der Waals surface area contributed by atoms with Crippen molar-refractivity contribution in [1.29, 1.82) is 5.26 Å². The van der Waals surface area contributed by atoms with Crippen molar-refractivity contribution in [3.8, 4) is 11.8 Å². The molecule has 1 N–H and O–H groups in total. The van der Waals surface area contributed by atoms with E-state index < -0.39 is 17.5 Å². The van der Waals surface area contributed by atoms with E-state index in [2.05, 4.69) is 5.32 Å². The van der Waals surface area contributed by atoms with Gasteiger partial charge in [0.15, 0.2) is 0 Å². The number of benzene rings is 1. The number of nitrogens with zero attached hydrogens (tertiary/aromatic N) is 2. The number of methoxy groups -OCH3 is 1. The summed E-state index contributed by atoms with van der Waals surface area (Å²) in [6.45, 7) is 3.42. The summed E-state index contributed by atoms with van der Waals surface area (Å²) in [5, 5.41) is 11.5. The highest BCUT2D eigenvalue weighted by Gasteiger charge is 2.49. The average Bonchev–Trinajstić information content (AvgIpc) is 2.71. The lowest BCUT2D eigenvalue weighted by atomic mass is 9.92. The van der Waals surface area contributed by atoms with E-state index in [0.29, 0.717) is 11.3 Å². The van der Waals surface area contributed by atoms with Gasteiger partial charge in [0.05, 0.1) is 19.1 Å². The molecule has 1 aliphatic rings. The minimum atomic E-state index is -1.11. The standard InChI is InChI=1S/C15H17N3O3/c1-10(8-16)9-18-13(19)15(2,17-14(18)20)11-4-6-12(21-3)7-5-11/h4-7,10H,9H2,1-3H3,(H,17,20)/t10-,15-/m0/s1. The highest BCUT2D eigenvalue weighted by atomic mass is 16.5. The molecule has 0 spiro atoms. The third-order valence-electron chi connectivity index (χ3n) is 3.62. The number of urea groups is 1. The molecule has 0 unspecified atom stereocenters. The normalized spacial score (nSPS) is 22.7. The molecule has 0 bridgehead atoms. The van der Waals surface area contributed by atoms with Gasteiger partial charge in [0.2, 0.25) is 0 Å². The topological polar surface area (TPSA) is 82.4 Å². The van der Waals surface area contributed by atoms with E-state index in [1.54, 1.807) is 45.2 Å². The lowest BCUT2D eigenvalue weighted by Gasteiger charge is -2.22. The van der Waals surface area contributed by atoms with Crippen LogP contribution < -0.4 is 10.1 Å². The Bertz CT molecular complexity index is 606. The smallest absolute Gasteiger partial charge is 0.325 e. The Morgan fingerprint density at radius 1 is 1.38 bits per heavy atom. The molecule has 2 rings (SSSR count). The van der Waals surface area contributed by atoms with Crippen LogP contribution >= 0.6 is 0 Å². The van der Waals surface area contributed by atoms with E-state index in [1.807, 2.05) is 6.07 Å². The summed E-state index contributed by atoms with van der Waals surface area (Å²) in [5.74, 6) is -0.0771. The van der Waals surface area contributed by atoms with Gasteiger partial charge in [0, 0.05) is 6.54 Å². The van der Waals surface area contributed by atoms with Crippen molar-refractivity contribution in [2.45, 2.75) is 19.4 Å². The predicted octanol–water partition coefficient (Wildman–Crippen LogP) is 1.62. The van der Waals surface area contributed by atoms with Crippen LogP contribution in [0.1, 0.15) is 19.4 Å². The molecule has 6 heteroatoms. The summed E-state index contributed by atoms with van der Waals surface area (Å²) in [4.78, 5) is 25.6. The van der Waals surface area contributed by atoms with Gasteiger partial charge in [-0.1, -0.05) is 12.1 Å². The zero-order valence-electron chi connectivity index (χ0n) is 12.2. The second-order valence-corrected chi connectivity index (χ2v) is 5.23. The molecular weight excluding hydrogens is 270 g/mol. The highest BCUT2D eigenvalue weighted by Crippen LogP contribution is 2.30. The van der Waals surface area contributed by atoms with E-state index in [4.69, 9.17) is 10.00 Å². The third kappa shape index (κ3) is 2.55. The second-order valence-electron chi connectivity index (χ2n) is 5.23. The maximum atomic E-state index is 12.5. The van der Waals surface area contributed by atoms with Crippen molar-refractivity contribution >= 4 is 11.9 Å². The van der Waals surface area contributed by atoms with Gasteiger partial charge >= 0.3 is 6.03 Å². The van der Waals surface area contributed by atoms with Gasteiger partial charge in [-0.25, -0.2) is 4.79 Å². The fraction of sp³-hybridized carbons (Fsp3) is 0.400. The molecule has 2 atom stereocenters. The first-order valence-corrected chi connectivity index (χ1v) is 6.60. The van der Waals surface area contributed by atoms with E-state index >= 15 is 0 Å². The van der Waals surface area contributed by atoms with Gasteiger partial charge < -0.3 is 10.1 Å². The summed E-state index contributed by atoms with van der Waals surface area (Å²) < 4.78 is 5.08. The fourth-order valence-corrected chi connectivity index (χ4v) is 2.30. The van der Waals surface area contributed by atoms with Gasteiger partial charge in [0.1, 0.15) is 11.3 Å². The Morgan fingerprint density at radius 2 is 2.00 bits per heavy atom. The lowest BCUT2D eigenvalue weighted by Crippen LogP contribution is -2.41. The Kier molecular flexibility index (Phi) is 3.85. The zero-order valence-corrected chi connectivity index (χ0v) is 12.2. The first-order chi connectivity index (χ1) is 9.92. The molecule has 3 amide bonds. The van der Waals surface area contributed by atoms with E-state index in [0.717, 1.165) is 4.90 Å². The van der Waals surface area contributed by atoms with Crippen LogP contribution in [0.15, 0.2) is 24.3 Å². The molecule has 1 aromatic carbocycles. The van der Waals surface area contributed by atoms with Crippen molar-refractivity contribution in [1.82, 2.24) is 10.2 Å². The number of ether oxygens (including phenoxy) is 1. The first kappa shape index (κ1) is 14.9. The molecule has 0 aromatic heterocycles. The first-order valence-electron chi connectivity index (χ1n) is 6.60. The van der Waals surface area contributed by atoms with Crippen LogP contribution in [0.25, 0.3) is 0 Å². The van der Waals surface area contributed by atoms with Crippen LogP contribution in [0.2, 0.25) is 0 Å². The van der Waals surface area contributed by atoms with Crippen LogP contribution in [0.5, 0.6) is 5.75 Å². The summed E-state index contributed by atoms with van der Waals surface area (Å²) >= 11 is 0. The molecule has 1 aliphatic heterocycles. The number of hydrogen-bond donors (Lipinski definition) is 1. The molecule has 0 aliphatic carbocycles. The Balaban J connectivity index is 2.29. The van der Waals surface area contributed by atoms with Gasteiger partial charge in [0.25, 0.3) is 5.91 Å². The number of nitrogens with one attached hydrogen (secondary N) is 1. The molecule has 6 nitrogen and oxygen atoms in total. The van der Waals surface area contributed by atoms with Crippen molar-refractivity contribution in [3.05, 3.63) is 29.8 Å². The molecule has 21 heavy (non-hydrogen) atoms. The molecule has 1 saturated heterocycles. The number of rotatable bonds is 4. The zero-order chi connectivity index (χ0) is 15.6. The number of hydrogen-bond acceptors (Lipinski definition) is 4. The number of imide groups is 1. The molecule has 1 aromatic rings. The van der Waals surface area contributed by atoms with Crippen LogP contribution in [0.4, 0.5) is 4.79 Å². The van der Waals surface area contributed by atoms with Crippen LogP contribution in [-0.2, 0) is 10.3 Å². The quantitative estimate of drug-likeness (QED) is 0.853. The van der Waals surface area contributed by atoms with E-state index in [9.17, 15) is 9.59 Å². The van der Waals surface area contributed by atoms with Crippen molar-refractivity contribution in [2.24, 2.45) is 5.92 Å². The maximum Gasteiger partial charge on any atom is 0.325 e. The van der Waals surface area contributed by atoms with Gasteiger partial charge in [-0.3, -0.25) is 9.69 Å². The molecule has 0 radical (unpaired) electrons. The fourth-order valence-electron chi connectivity index (χ4n) is 2.30. The third-order valence-corrected chi connectivity index (χ3v) is 3.62. The van der Waals surface area contributed by atoms with Crippen molar-refractivity contribution in [3.63, 3.8) is 0 Å². The largest absolute Gasteiger partial charge is 0.497 e. The predicted molar refractivity (Wildman–Crippen MR) is 75.4 cm³/mol. The minimum absolute atomic E-state index is 0.0902. The SMILES string of the molecule is COc1ccc([C@]2(C)NC(=O)N(C[C@@H](C)C#N)C2=O)cc1. The number of amides is 3. The van der Waals surface area contributed by atoms with Crippen molar-refractivity contribution in [2.75, 3.05) is 13.7 Å². The van der Waals surface area contributed by atoms with Crippen LogP contribution in [0.3, 0.4) is 0 Å². The molecule has 110 valence electrons. The summed E-state index contributed by atoms with van der Waals surface area (Å²) in [5.41, 5.74) is -0.438. The minimum Gasteiger partial charge on any atom is -0.497 e. The van der Waals surface area contributed by atoms with Gasteiger partial charge in [-0.15, -0.1) is 0 Å². The van der Waals surface area contributed by atoms with E-state index in [1.165, 1.54) is 0 Å². The van der Waals surface area contributed by atoms with Crippen LogP contribution in [0, 0.1) is 17.2 Å². The van der Waals surface area contributed by atoms with Gasteiger partial charge in [-0.2, -0.15) is 5.26 Å². The maximum absolute atomic E-state index is 12.5. The highest BCUT2D eigenvalue weighted by molar-refractivity contribution is 6.07. The number of carbonyl (C=O) groups excluding carboxylic acids is 2. The lowest BCUT2D eigenvalue weighted by molar-refractivity contribution is -0.131. The molecule has 1 heterocycles. The average molecular weight is 287 g/mol. The summed E-state index contributed by atoms with van der Waals surface area (Å²) in [6.07, 6.45) is 0. The Hall–Kier alpha value is -2.55. The molecule has 1 fully saturated rings. The number of carbonyl (C=O) groups is 2. The number of nitriles is 1. The summed E-state index contributed by atoms with van der Waals surface area (Å²) in [7, 11) is 1.56.